The Labute approximate surface area is 151 Å². The Balaban J connectivity index is 1.89. The zero-order chi connectivity index (χ0) is 17.6. The molecule has 0 aliphatic carbocycles. The molecule has 0 bridgehead atoms. The molecular weight excluding hydrogens is 366 g/mol. The summed E-state index contributed by atoms with van der Waals surface area (Å²) in [6, 6.07) is 16.1. The lowest BCUT2D eigenvalue weighted by atomic mass is 10.1. The molecule has 2 aromatic rings. The monoisotopic (exact) mass is 387 g/mol. The van der Waals surface area contributed by atoms with Crippen molar-refractivity contribution in [1.29, 1.82) is 0 Å². The summed E-state index contributed by atoms with van der Waals surface area (Å²) in [4.78, 5) is 11.7. The van der Waals surface area contributed by atoms with Crippen LogP contribution in [0.5, 0.6) is 0 Å². The lowest BCUT2D eigenvalue weighted by Gasteiger charge is -2.17. The van der Waals surface area contributed by atoms with Crippen LogP contribution < -0.4 is 5.32 Å². The molecule has 0 aliphatic rings. The quantitative estimate of drug-likeness (QED) is 0.549. The maximum absolute atomic E-state index is 11.7. The number of esters is 1. The number of anilines is 1. The van der Waals surface area contributed by atoms with Crippen molar-refractivity contribution in [2.45, 2.75) is 32.9 Å². The number of nitrogens with one attached hydrogen (secondary N) is 1. The number of halogens is 1. The summed E-state index contributed by atoms with van der Waals surface area (Å²) in [5.74, 6) is -0.331. The van der Waals surface area contributed by atoms with Crippen molar-refractivity contribution in [2.24, 2.45) is 0 Å². The third-order valence-corrected chi connectivity index (χ3v) is 3.61. The largest absolute Gasteiger partial charge is 0.457 e. The Bertz CT molecular complexity index is 715. The molecule has 126 valence electrons. The average Bonchev–Trinajstić information content (AvgIpc) is 2.50. The predicted molar refractivity (Wildman–Crippen MR) is 103 cm³/mol. The fourth-order valence-corrected chi connectivity index (χ4v) is 2.45. The van der Waals surface area contributed by atoms with E-state index in [1.807, 2.05) is 69.3 Å². The fourth-order valence-electron chi connectivity index (χ4n) is 2.05. The smallest absolute Gasteiger partial charge is 0.331 e. The van der Waals surface area contributed by atoms with Gasteiger partial charge in [-0.1, -0.05) is 46.3 Å². The molecule has 0 aliphatic heterocycles. The van der Waals surface area contributed by atoms with Crippen molar-refractivity contribution in [3.63, 3.8) is 0 Å². The molecule has 0 saturated carbocycles. The van der Waals surface area contributed by atoms with Crippen molar-refractivity contribution < 1.29 is 9.53 Å². The molecule has 0 heterocycles. The Morgan fingerprint density at radius 1 is 1.17 bits per heavy atom. The molecular formula is C20H22BrNO2. The first-order chi connectivity index (χ1) is 11.3. The van der Waals surface area contributed by atoms with Crippen LogP contribution in [0.15, 0.2) is 59.1 Å². The summed E-state index contributed by atoms with van der Waals surface area (Å²) >= 11 is 3.46. The summed E-state index contributed by atoms with van der Waals surface area (Å²) in [5.41, 5.74) is 2.73. The first kappa shape index (κ1) is 18.3. The van der Waals surface area contributed by atoms with E-state index >= 15 is 0 Å². The van der Waals surface area contributed by atoms with E-state index in [2.05, 4.69) is 21.2 Å². The summed E-state index contributed by atoms with van der Waals surface area (Å²) in [7, 11) is 0. The molecule has 0 amide bonds. The van der Waals surface area contributed by atoms with Gasteiger partial charge < -0.3 is 10.1 Å². The molecule has 2 rings (SSSR count). The van der Waals surface area contributed by atoms with Crippen LogP contribution in [0.3, 0.4) is 0 Å². The zero-order valence-corrected chi connectivity index (χ0v) is 15.8. The highest BCUT2D eigenvalue weighted by molar-refractivity contribution is 9.10. The van der Waals surface area contributed by atoms with Gasteiger partial charge >= 0.3 is 5.97 Å². The van der Waals surface area contributed by atoms with Crippen molar-refractivity contribution in [3.8, 4) is 0 Å². The molecule has 24 heavy (non-hydrogen) atoms. The van der Waals surface area contributed by atoms with Crippen LogP contribution in [0.25, 0.3) is 6.08 Å². The van der Waals surface area contributed by atoms with Crippen molar-refractivity contribution in [2.75, 3.05) is 5.32 Å². The van der Waals surface area contributed by atoms with E-state index in [0.717, 1.165) is 22.3 Å². The normalized spacial score (nSPS) is 11.5. The maximum atomic E-state index is 11.7. The number of rotatable bonds is 5. The van der Waals surface area contributed by atoms with Crippen molar-refractivity contribution >= 4 is 33.7 Å². The minimum absolute atomic E-state index is 0.331. The Morgan fingerprint density at radius 2 is 1.88 bits per heavy atom. The third-order valence-electron chi connectivity index (χ3n) is 3.12. The van der Waals surface area contributed by atoms with Gasteiger partial charge in [-0.2, -0.15) is 0 Å². The van der Waals surface area contributed by atoms with Crippen molar-refractivity contribution in [1.82, 2.24) is 0 Å². The maximum Gasteiger partial charge on any atom is 0.331 e. The summed E-state index contributed by atoms with van der Waals surface area (Å²) in [5, 5.41) is 3.38. The number of carbonyl (C=O) groups excluding carboxylic acids is 1. The van der Waals surface area contributed by atoms with Crippen molar-refractivity contribution in [3.05, 3.63) is 70.2 Å². The predicted octanol–water partition coefficient (Wildman–Crippen LogP) is 5.42. The number of hydrogen-bond acceptors (Lipinski definition) is 3. The SMILES string of the molecule is CC(C)(C)OC(=O)C=Cc1ccc(CNc2cccc(Br)c2)cc1. The highest BCUT2D eigenvalue weighted by Crippen LogP contribution is 2.17. The average molecular weight is 388 g/mol. The van der Waals surface area contributed by atoms with Gasteiger partial charge in [0.15, 0.2) is 0 Å². The number of benzene rings is 2. The highest BCUT2D eigenvalue weighted by Gasteiger charge is 2.13. The molecule has 1 N–H and O–H groups in total. The molecule has 0 radical (unpaired) electrons. The lowest BCUT2D eigenvalue weighted by Crippen LogP contribution is -2.22. The second-order valence-electron chi connectivity index (χ2n) is 6.47. The van der Waals surface area contributed by atoms with Gasteiger partial charge in [-0.25, -0.2) is 4.79 Å². The van der Waals surface area contributed by atoms with Gasteiger partial charge in [0.25, 0.3) is 0 Å². The number of carbonyl (C=O) groups is 1. The number of hydrogen-bond donors (Lipinski definition) is 1. The molecule has 0 unspecified atom stereocenters. The molecule has 2 aromatic carbocycles. The first-order valence-corrected chi connectivity index (χ1v) is 8.60. The van der Waals surface area contributed by atoms with Crippen LogP contribution in [0.2, 0.25) is 0 Å². The summed E-state index contributed by atoms with van der Waals surface area (Å²) in [6.45, 7) is 6.30. The van der Waals surface area contributed by atoms with Gasteiger partial charge in [-0.15, -0.1) is 0 Å². The second kappa shape index (κ2) is 8.15. The van der Waals surface area contributed by atoms with E-state index in [1.54, 1.807) is 6.08 Å². The van der Waals surface area contributed by atoms with E-state index in [1.165, 1.54) is 11.6 Å². The van der Waals surface area contributed by atoms with Crippen LogP contribution in [-0.4, -0.2) is 11.6 Å². The minimum atomic E-state index is -0.469. The minimum Gasteiger partial charge on any atom is -0.457 e. The van der Waals surface area contributed by atoms with Crippen LogP contribution >= 0.6 is 15.9 Å². The molecule has 4 heteroatoms. The van der Waals surface area contributed by atoms with Gasteiger partial charge in [-0.3, -0.25) is 0 Å². The summed E-state index contributed by atoms with van der Waals surface area (Å²) in [6.07, 6.45) is 3.22. The van der Waals surface area contributed by atoms with Crippen LogP contribution in [0.4, 0.5) is 5.69 Å². The number of ether oxygens (including phenoxy) is 1. The molecule has 0 aromatic heterocycles. The van der Waals surface area contributed by atoms with E-state index in [0.29, 0.717) is 0 Å². The fraction of sp³-hybridized carbons (Fsp3) is 0.250. The summed E-state index contributed by atoms with van der Waals surface area (Å²) < 4.78 is 6.29. The molecule has 0 fully saturated rings. The third kappa shape index (κ3) is 6.59. The van der Waals surface area contributed by atoms with E-state index in [-0.39, 0.29) is 5.97 Å². The second-order valence-corrected chi connectivity index (χ2v) is 7.39. The topological polar surface area (TPSA) is 38.3 Å². The molecule has 0 atom stereocenters. The standard InChI is InChI=1S/C20H22BrNO2/c1-20(2,3)24-19(23)12-11-15-7-9-16(10-8-15)14-22-18-6-4-5-17(21)13-18/h4-13,22H,14H2,1-3H3. The van der Waals surface area contributed by atoms with Crippen LogP contribution in [-0.2, 0) is 16.1 Å². The Hall–Kier alpha value is -2.07. The van der Waals surface area contributed by atoms with Gasteiger partial charge in [0.2, 0.25) is 0 Å². The Morgan fingerprint density at radius 3 is 2.50 bits per heavy atom. The zero-order valence-electron chi connectivity index (χ0n) is 14.2. The van der Waals surface area contributed by atoms with Gasteiger partial charge in [0.1, 0.15) is 5.60 Å². The van der Waals surface area contributed by atoms with E-state index < -0.39 is 5.60 Å². The van der Waals surface area contributed by atoms with Crippen LogP contribution in [0.1, 0.15) is 31.9 Å². The Kier molecular flexibility index (Phi) is 6.21. The first-order valence-electron chi connectivity index (χ1n) is 7.81. The molecule has 0 spiro atoms. The molecule has 3 nitrogen and oxygen atoms in total. The van der Waals surface area contributed by atoms with Gasteiger partial charge in [-0.05, 0) is 56.2 Å². The molecule has 0 saturated heterocycles. The van der Waals surface area contributed by atoms with Gasteiger partial charge in [0.05, 0.1) is 0 Å². The van der Waals surface area contributed by atoms with E-state index in [9.17, 15) is 4.79 Å². The highest BCUT2D eigenvalue weighted by atomic mass is 79.9. The van der Waals surface area contributed by atoms with Gasteiger partial charge in [0, 0.05) is 22.8 Å². The van der Waals surface area contributed by atoms with Crippen LogP contribution in [0, 0.1) is 0 Å². The lowest BCUT2D eigenvalue weighted by molar-refractivity contribution is -0.148. The van der Waals surface area contributed by atoms with E-state index in [4.69, 9.17) is 4.74 Å².